The normalized spacial score (nSPS) is 19.0. The maximum absolute atomic E-state index is 12.5. The van der Waals surface area contributed by atoms with E-state index in [0.29, 0.717) is 5.69 Å². The number of amides is 1. The van der Waals surface area contributed by atoms with Crippen LogP contribution in [0.5, 0.6) is 0 Å². The van der Waals surface area contributed by atoms with Crippen molar-refractivity contribution in [3.05, 3.63) is 42.1 Å². The van der Waals surface area contributed by atoms with Crippen LogP contribution in [0.25, 0.3) is 0 Å². The van der Waals surface area contributed by atoms with Crippen LogP contribution >= 0.6 is 0 Å². The number of carbonyl (C=O) groups excluding carboxylic acids is 1. The molecule has 1 atom stereocenters. The van der Waals surface area contributed by atoms with Crippen molar-refractivity contribution in [2.45, 2.75) is 32.4 Å². The summed E-state index contributed by atoms with van der Waals surface area (Å²) >= 11 is 0. The van der Waals surface area contributed by atoms with Gasteiger partial charge in [-0.2, -0.15) is 5.10 Å². The molecule has 2 aromatic heterocycles. The first-order chi connectivity index (χ1) is 9.29. The molecule has 1 fully saturated rings. The Bertz CT molecular complexity index is 559. The summed E-state index contributed by atoms with van der Waals surface area (Å²) in [4.78, 5) is 14.4. The number of furan rings is 1. The Labute approximate surface area is 111 Å². The van der Waals surface area contributed by atoms with Gasteiger partial charge in [0.15, 0.2) is 0 Å². The molecule has 1 aliphatic rings. The molecule has 3 rings (SSSR count). The van der Waals surface area contributed by atoms with Gasteiger partial charge in [-0.05, 0) is 38.0 Å². The number of aromatic nitrogens is 2. The van der Waals surface area contributed by atoms with Crippen LogP contribution in [0.15, 0.2) is 35.1 Å². The lowest BCUT2D eigenvalue weighted by molar-refractivity contribution is 0.0713. The average Bonchev–Trinajstić information content (AvgIpc) is 3.16. The van der Waals surface area contributed by atoms with Gasteiger partial charge in [0.2, 0.25) is 0 Å². The van der Waals surface area contributed by atoms with Gasteiger partial charge in [0, 0.05) is 19.3 Å². The Morgan fingerprint density at radius 1 is 1.53 bits per heavy atom. The lowest BCUT2D eigenvalue weighted by atomic mass is 10.1. The van der Waals surface area contributed by atoms with E-state index in [1.165, 1.54) is 0 Å². The zero-order valence-electron chi connectivity index (χ0n) is 11.0. The van der Waals surface area contributed by atoms with Crippen LogP contribution in [0.4, 0.5) is 0 Å². The second kappa shape index (κ2) is 4.91. The van der Waals surface area contributed by atoms with E-state index in [0.717, 1.165) is 31.7 Å². The van der Waals surface area contributed by atoms with Crippen molar-refractivity contribution >= 4 is 5.91 Å². The fourth-order valence-corrected chi connectivity index (χ4v) is 2.59. The van der Waals surface area contributed by atoms with Gasteiger partial charge in [-0.25, -0.2) is 0 Å². The molecule has 0 bridgehead atoms. The Hall–Kier alpha value is -2.04. The fraction of sp³-hybridized carbons (Fsp3) is 0.429. The monoisotopic (exact) mass is 259 g/mol. The summed E-state index contributed by atoms with van der Waals surface area (Å²) in [6.07, 6.45) is 5.45. The molecule has 5 heteroatoms. The van der Waals surface area contributed by atoms with Gasteiger partial charge in [-0.1, -0.05) is 0 Å². The first kappa shape index (κ1) is 12.0. The van der Waals surface area contributed by atoms with E-state index in [4.69, 9.17) is 4.42 Å². The molecule has 100 valence electrons. The van der Waals surface area contributed by atoms with Crippen LogP contribution in [0.2, 0.25) is 0 Å². The number of carbonyl (C=O) groups is 1. The fourth-order valence-electron chi connectivity index (χ4n) is 2.59. The minimum atomic E-state index is -0.00824. The van der Waals surface area contributed by atoms with Crippen molar-refractivity contribution in [1.82, 2.24) is 14.7 Å². The third-order valence-electron chi connectivity index (χ3n) is 3.57. The van der Waals surface area contributed by atoms with Gasteiger partial charge in [0.25, 0.3) is 5.91 Å². The van der Waals surface area contributed by atoms with Gasteiger partial charge in [-0.15, -0.1) is 0 Å². The first-order valence-electron chi connectivity index (χ1n) is 6.67. The van der Waals surface area contributed by atoms with Crippen LogP contribution in [-0.2, 0) is 6.54 Å². The van der Waals surface area contributed by atoms with Crippen LogP contribution in [0, 0.1) is 0 Å². The topological polar surface area (TPSA) is 51.3 Å². The lowest BCUT2D eigenvalue weighted by Crippen LogP contribution is -2.30. The van der Waals surface area contributed by atoms with E-state index in [2.05, 4.69) is 5.10 Å². The van der Waals surface area contributed by atoms with Gasteiger partial charge >= 0.3 is 0 Å². The van der Waals surface area contributed by atoms with Crippen molar-refractivity contribution in [3.63, 3.8) is 0 Å². The molecule has 1 unspecified atom stereocenters. The van der Waals surface area contributed by atoms with Gasteiger partial charge in [0.05, 0.1) is 12.3 Å². The highest BCUT2D eigenvalue weighted by molar-refractivity contribution is 5.92. The van der Waals surface area contributed by atoms with E-state index in [-0.39, 0.29) is 11.9 Å². The van der Waals surface area contributed by atoms with E-state index < -0.39 is 0 Å². The number of hydrogen-bond acceptors (Lipinski definition) is 3. The van der Waals surface area contributed by atoms with Gasteiger partial charge in [0.1, 0.15) is 11.5 Å². The quantitative estimate of drug-likeness (QED) is 0.850. The van der Waals surface area contributed by atoms with Crippen molar-refractivity contribution < 1.29 is 9.21 Å². The highest BCUT2D eigenvalue weighted by Gasteiger charge is 2.33. The number of rotatable bonds is 3. The van der Waals surface area contributed by atoms with Crippen LogP contribution in [0.1, 0.15) is 42.1 Å². The summed E-state index contributed by atoms with van der Waals surface area (Å²) in [6, 6.07) is 5.63. The summed E-state index contributed by atoms with van der Waals surface area (Å²) in [7, 11) is 0. The molecule has 1 saturated heterocycles. The maximum Gasteiger partial charge on any atom is 0.274 e. The second-order valence-electron chi connectivity index (χ2n) is 4.73. The summed E-state index contributed by atoms with van der Waals surface area (Å²) in [5, 5.41) is 4.28. The summed E-state index contributed by atoms with van der Waals surface area (Å²) in [6.45, 7) is 3.54. The minimum Gasteiger partial charge on any atom is -0.467 e. The highest BCUT2D eigenvalue weighted by atomic mass is 16.3. The molecule has 1 aliphatic heterocycles. The molecular formula is C14H17N3O2. The van der Waals surface area contributed by atoms with Crippen LogP contribution < -0.4 is 0 Å². The smallest absolute Gasteiger partial charge is 0.274 e. The second-order valence-corrected chi connectivity index (χ2v) is 4.73. The standard InChI is InChI=1S/C14H17N3O2/c1-2-16-9-7-11(15-16)14(18)17-8-3-5-12(17)13-6-4-10-19-13/h4,6-7,9-10,12H,2-3,5,8H2,1H3. The minimum absolute atomic E-state index is 0.00824. The number of likely N-dealkylation sites (tertiary alicyclic amines) is 1. The largest absolute Gasteiger partial charge is 0.467 e. The van der Waals surface area contributed by atoms with Gasteiger partial charge in [-0.3, -0.25) is 9.48 Å². The number of hydrogen-bond donors (Lipinski definition) is 0. The zero-order chi connectivity index (χ0) is 13.2. The first-order valence-corrected chi connectivity index (χ1v) is 6.67. The van der Waals surface area contributed by atoms with Crippen molar-refractivity contribution in [2.24, 2.45) is 0 Å². The Morgan fingerprint density at radius 3 is 3.11 bits per heavy atom. The number of nitrogens with zero attached hydrogens (tertiary/aromatic N) is 3. The van der Waals surface area contributed by atoms with E-state index >= 15 is 0 Å². The molecule has 0 N–H and O–H groups in total. The molecular weight excluding hydrogens is 242 g/mol. The van der Waals surface area contributed by atoms with Crippen molar-refractivity contribution in [1.29, 1.82) is 0 Å². The third kappa shape index (κ3) is 2.16. The van der Waals surface area contributed by atoms with E-state index in [9.17, 15) is 4.79 Å². The summed E-state index contributed by atoms with van der Waals surface area (Å²) < 4.78 is 7.21. The third-order valence-corrected chi connectivity index (χ3v) is 3.57. The van der Waals surface area contributed by atoms with Crippen molar-refractivity contribution in [2.75, 3.05) is 6.54 Å². The van der Waals surface area contributed by atoms with Crippen LogP contribution in [0.3, 0.4) is 0 Å². The molecule has 3 heterocycles. The molecule has 0 saturated carbocycles. The molecule has 19 heavy (non-hydrogen) atoms. The number of aryl methyl sites for hydroxylation is 1. The van der Waals surface area contributed by atoms with Crippen LogP contribution in [-0.4, -0.2) is 27.1 Å². The lowest BCUT2D eigenvalue weighted by Gasteiger charge is -2.22. The van der Waals surface area contributed by atoms with E-state index in [1.807, 2.05) is 30.2 Å². The highest BCUT2D eigenvalue weighted by Crippen LogP contribution is 2.33. The average molecular weight is 259 g/mol. The maximum atomic E-state index is 12.5. The molecule has 2 aromatic rings. The molecule has 1 amide bonds. The molecule has 0 spiro atoms. The SMILES string of the molecule is CCn1ccc(C(=O)N2CCCC2c2ccco2)n1. The predicted octanol–water partition coefficient (Wildman–Crippen LogP) is 2.47. The van der Waals surface area contributed by atoms with E-state index in [1.54, 1.807) is 17.0 Å². The molecule has 5 nitrogen and oxygen atoms in total. The Kier molecular flexibility index (Phi) is 3.11. The van der Waals surface area contributed by atoms with Crippen molar-refractivity contribution in [3.8, 4) is 0 Å². The zero-order valence-corrected chi connectivity index (χ0v) is 11.0. The molecule has 0 aliphatic carbocycles. The Balaban J connectivity index is 1.82. The molecule has 0 radical (unpaired) electrons. The molecule has 0 aromatic carbocycles. The summed E-state index contributed by atoms with van der Waals surface area (Å²) in [5.74, 6) is 0.854. The summed E-state index contributed by atoms with van der Waals surface area (Å²) in [5.41, 5.74) is 0.514. The predicted molar refractivity (Wildman–Crippen MR) is 69.6 cm³/mol. The Morgan fingerprint density at radius 2 is 2.42 bits per heavy atom. The van der Waals surface area contributed by atoms with Gasteiger partial charge < -0.3 is 9.32 Å².